The Morgan fingerprint density at radius 1 is 0.909 bits per heavy atom. The molecule has 8 heteroatoms. The number of rotatable bonds is 7. The van der Waals surface area contributed by atoms with E-state index in [9.17, 15) is 14.4 Å². The van der Waals surface area contributed by atoms with E-state index in [0.717, 1.165) is 5.56 Å². The second-order valence-electron chi connectivity index (χ2n) is 6.94. The first kappa shape index (κ1) is 23.2. The van der Waals surface area contributed by atoms with E-state index in [4.69, 9.17) is 9.47 Å². The number of hydrogen-bond donors (Lipinski definition) is 2. The summed E-state index contributed by atoms with van der Waals surface area (Å²) in [7, 11) is 0. The van der Waals surface area contributed by atoms with Gasteiger partial charge in [-0.3, -0.25) is 9.59 Å². The molecule has 0 spiro atoms. The van der Waals surface area contributed by atoms with Crippen LogP contribution in [0.1, 0.15) is 28.4 Å². The number of carbonyl (C=O) groups is 3. The second kappa shape index (κ2) is 11.2. The highest BCUT2D eigenvalue weighted by molar-refractivity contribution is 6.39. The lowest BCUT2D eigenvalue weighted by Crippen LogP contribution is -2.32. The van der Waals surface area contributed by atoms with Crippen molar-refractivity contribution in [2.75, 3.05) is 11.9 Å². The minimum atomic E-state index is -0.913. The normalized spacial score (nSPS) is 10.5. The highest BCUT2D eigenvalue weighted by atomic mass is 16.5. The number of benzene rings is 3. The Kier molecular flexibility index (Phi) is 7.91. The molecule has 0 saturated carbocycles. The highest BCUT2D eigenvalue weighted by Gasteiger charge is 2.13. The van der Waals surface area contributed by atoms with Gasteiger partial charge >= 0.3 is 17.8 Å². The van der Waals surface area contributed by atoms with E-state index >= 15 is 0 Å². The van der Waals surface area contributed by atoms with E-state index in [2.05, 4.69) is 15.8 Å². The molecule has 0 heterocycles. The van der Waals surface area contributed by atoms with Crippen LogP contribution in [-0.2, 0) is 9.59 Å². The molecule has 0 aliphatic carbocycles. The minimum absolute atomic E-state index is 0.373. The monoisotopic (exact) mass is 445 g/mol. The summed E-state index contributed by atoms with van der Waals surface area (Å²) in [4.78, 5) is 36.1. The van der Waals surface area contributed by atoms with Gasteiger partial charge in [-0.05, 0) is 80.1 Å². The molecule has 0 atom stereocenters. The van der Waals surface area contributed by atoms with Crippen molar-refractivity contribution in [2.45, 2.75) is 13.8 Å². The zero-order chi connectivity index (χ0) is 23.6. The van der Waals surface area contributed by atoms with Crippen molar-refractivity contribution in [1.82, 2.24) is 5.43 Å². The predicted molar refractivity (Wildman–Crippen MR) is 125 cm³/mol. The summed E-state index contributed by atoms with van der Waals surface area (Å²) in [6.07, 6.45) is 1.37. The standard InChI is InChI=1S/C25H23N3O5/c1-3-32-21-13-9-20(10-14-21)27-23(29)24(30)28-26-16-18-7-11-22(12-8-18)33-25(31)19-6-4-5-17(2)15-19/h4-16H,3H2,1-2H3,(H,27,29)(H,28,30)/b26-16-. The Bertz CT molecular complexity index is 1160. The SMILES string of the molecule is CCOc1ccc(NC(=O)C(=O)N/N=C\c2ccc(OC(=O)c3cccc(C)c3)cc2)cc1. The van der Waals surface area contributed by atoms with Gasteiger partial charge in [-0.25, -0.2) is 10.2 Å². The van der Waals surface area contributed by atoms with Crippen molar-refractivity contribution in [3.8, 4) is 11.5 Å². The van der Waals surface area contributed by atoms with Crippen LogP contribution < -0.4 is 20.2 Å². The van der Waals surface area contributed by atoms with Crippen molar-refractivity contribution >= 4 is 29.7 Å². The Balaban J connectivity index is 1.48. The molecule has 2 amide bonds. The van der Waals surface area contributed by atoms with Crippen molar-refractivity contribution in [2.24, 2.45) is 5.10 Å². The van der Waals surface area contributed by atoms with Crippen LogP contribution in [0.2, 0.25) is 0 Å². The maximum atomic E-state index is 12.2. The number of nitrogens with one attached hydrogen (secondary N) is 2. The van der Waals surface area contributed by atoms with Crippen molar-refractivity contribution < 1.29 is 23.9 Å². The van der Waals surface area contributed by atoms with Crippen molar-refractivity contribution in [3.63, 3.8) is 0 Å². The highest BCUT2D eigenvalue weighted by Crippen LogP contribution is 2.16. The molecule has 0 fully saturated rings. The fraction of sp³-hybridized carbons (Fsp3) is 0.120. The van der Waals surface area contributed by atoms with Gasteiger partial charge in [-0.1, -0.05) is 17.7 Å². The van der Waals surface area contributed by atoms with Crippen LogP contribution in [0.4, 0.5) is 5.69 Å². The fourth-order valence-corrected chi connectivity index (χ4v) is 2.77. The Hall–Kier alpha value is -4.46. The first-order chi connectivity index (χ1) is 15.9. The number of hydrogen-bond acceptors (Lipinski definition) is 6. The van der Waals surface area contributed by atoms with Crippen LogP contribution in [0.5, 0.6) is 11.5 Å². The Labute approximate surface area is 191 Å². The van der Waals surface area contributed by atoms with E-state index in [1.54, 1.807) is 66.7 Å². The van der Waals surface area contributed by atoms with Gasteiger partial charge in [0.25, 0.3) is 0 Å². The summed E-state index contributed by atoms with van der Waals surface area (Å²) in [5, 5.41) is 6.25. The molecule has 3 aromatic carbocycles. The minimum Gasteiger partial charge on any atom is -0.494 e. The van der Waals surface area contributed by atoms with Crippen LogP contribution in [0, 0.1) is 6.92 Å². The first-order valence-electron chi connectivity index (χ1n) is 10.2. The number of nitrogens with zero attached hydrogens (tertiary/aromatic N) is 1. The van der Waals surface area contributed by atoms with E-state index in [1.807, 2.05) is 19.9 Å². The molecule has 33 heavy (non-hydrogen) atoms. The molecule has 0 radical (unpaired) electrons. The number of ether oxygens (including phenoxy) is 2. The fourth-order valence-electron chi connectivity index (χ4n) is 2.77. The van der Waals surface area contributed by atoms with Crippen molar-refractivity contribution in [1.29, 1.82) is 0 Å². The number of amides is 2. The molecule has 0 bridgehead atoms. The number of carbonyl (C=O) groups excluding carboxylic acids is 3. The number of anilines is 1. The summed E-state index contributed by atoms with van der Waals surface area (Å²) >= 11 is 0. The van der Waals surface area contributed by atoms with Gasteiger partial charge in [0.05, 0.1) is 18.4 Å². The lowest BCUT2D eigenvalue weighted by molar-refractivity contribution is -0.136. The van der Waals surface area contributed by atoms with Gasteiger partial charge in [0.15, 0.2) is 0 Å². The Morgan fingerprint density at radius 3 is 2.27 bits per heavy atom. The molecule has 3 rings (SSSR count). The van der Waals surface area contributed by atoms with Gasteiger partial charge in [0.1, 0.15) is 11.5 Å². The van der Waals surface area contributed by atoms with Gasteiger partial charge in [0.2, 0.25) is 0 Å². The molecule has 2 N–H and O–H groups in total. The summed E-state index contributed by atoms with van der Waals surface area (Å²) in [5.41, 5.74) is 4.69. The van der Waals surface area contributed by atoms with Crippen LogP contribution in [0.25, 0.3) is 0 Å². The van der Waals surface area contributed by atoms with Crippen LogP contribution in [0.15, 0.2) is 77.9 Å². The number of esters is 1. The second-order valence-corrected chi connectivity index (χ2v) is 6.94. The average Bonchev–Trinajstić information content (AvgIpc) is 2.81. The molecule has 8 nitrogen and oxygen atoms in total. The zero-order valence-electron chi connectivity index (χ0n) is 18.2. The molecule has 0 unspecified atom stereocenters. The zero-order valence-corrected chi connectivity index (χ0v) is 18.2. The quantitative estimate of drug-likeness (QED) is 0.190. The summed E-state index contributed by atoms with van der Waals surface area (Å²) in [6, 6.07) is 20.3. The third kappa shape index (κ3) is 7.03. The van der Waals surface area contributed by atoms with Crippen molar-refractivity contribution in [3.05, 3.63) is 89.5 Å². The van der Waals surface area contributed by atoms with Gasteiger partial charge < -0.3 is 14.8 Å². The largest absolute Gasteiger partial charge is 0.494 e. The van der Waals surface area contributed by atoms with Gasteiger partial charge in [0, 0.05) is 5.69 Å². The maximum absolute atomic E-state index is 12.2. The van der Waals surface area contributed by atoms with Crippen LogP contribution >= 0.6 is 0 Å². The molecular weight excluding hydrogens is 422 g/mol. The summed E-state index contributed by atoms with van der Waals surface area (Å²) < 4.78 is 10.7. The molecule has 168 valence electrons. The van der Waals surface area contributed by atoms with E-state index < -0.39 is 17.8 Å². The lowest BCUT2D eigenvalue weighted by atomic mass is 10.1. The maximum Gasteiger partial charge on any atom is 0.343 e. The van der Waals surface area contributed by atoms with E-state index in [1.165, 1.54) is 6.21 Å². The average molecular weight is 445 g/mol. The number of hydrazone groups is 1. The lowest BCUT2D eigenvalue weighted by Gasteiger charge is -2.06. The summed E-state index contributed by atoms with van der Waals surface area (Å²) in [5.74, 6) is -1.18. The molecule has 0 aliphatic rings. The smallest absolute Gasteiger partial charge is 0.343 e. The van der Waals surface area contributed by atoms with E-state index in [0.29, 0.717) is 34.9 Å². The van der Waals surface area contributed by atoms with Gasteiger partial charge in [-0.2, -0.15) is 5.10 Å². The van der Waals surface area contributed by atoms with Gasteiger partial charge in [-0.15, -0.1) is 0 Å². The topological polar surface area (TPSA) is 106 Å². The molecular formula is C25H23N3O5. The predicted octanol–water partition coefficient (Wildman–Crippen LogP) is 3.70. The summed E-state index contributed by atoms with van der Waals surface area (Å²) in [6.45, 7) is 4.30. The third-order valence-electron chi connectivity index (χ3n) is 4.35. The first-order valence-corrected chi connectivity index (χ1v) is 10.2. The molecule has 0 aliphatic heterocycles. The molecule has 0 aromatic heterocycles. The number of aryl methyl sites for hydroxylation is 1. The molecule has 3 aromatic rings. The van der Waals surface area contributed by atoms with E-state index in [-0.39, 0.29) is 0 Å². The molecule has 0 saturated heterocycles. The third-order valence-corrected chi connectivity index (χ3v) is 4.35. The van der Waals surface area contributed by atoms with Crippen LogP contribution in [-0.4, -0.2) is 30.6 Å². The van der Waals surface area contributed by atoms with Crippen LogP contribution in [0.3, 0.4) is 0 Å². The Morgan fingerprint density at radius 2 is 1.61 bits per heavy atom.